The molecule has 3 aromatic rings. The van der Waals surface area contributed by atoms with Crippen molar-refractivity contribution in [3.05, 3.63) is 55.2 Å². The highest BCUT2D eigenvalue weighted by Crippen LogP contribution is 2.07. The van der Waals surface area contributed by atoms with Gasteiger partial charge in [0.2, 0.25) is 0 Å². The minimum absolute atomic E-state index is 0.731. The lowest BCUT2D eigenvalue weighted by molar-refractivity contribution is 0.574. The van der Waals surface area contributed by atoms with Crippen LogP contribution in [-0.2, 0) is 0 Å². The van der Waals surface area contributed by atoms with E-state index in [-0.39, 0.29) is 0 Å². The Morgan fingerprint density at radius 2 is 1.17 bits per heavy atom. The standard InChI is InChI=1S/C14H10O3Si/c1-2-18(12-6-3-9-15-12,13-7-4-10-16-13)14-8-5-11-17-14/h1,3-11H. The second kappa shape index (κ2) is 4.13. The van der Waals surface area contributed by atoms with E-state index in [0.29, 0.717) is 0 Å². The Morgan fingerprint density at radius 1 is 0.778 bits per heavy atom. The molecule has 3 rings (SSSR count). The van der Waals surface area contributed by atoms with Crippen LogP contribution in [0.3, 0.4) is 0 Å². The predicted molar refractivity (Wildman–Crippen MR) is 69.6 cm³/mol. The van der Waals surface area contributed by atoms with Crippen molar-refractivity contribution < 1.29 is 13.3 Å². The van der Waals surface area contributed by atoms with Crippen molar-refractivity contribution in [3.63, 3.8) is 0 Å². The maximum absolute atomic E-state index is 5.81. The maximum Gasteiger partial charge on any atom is 0.347 e. The molecule has 0 aromatic carbocycles. The van der Waals surface area contributed by atoms with Crippen LogP contribution < -0.4 is 16.2 Å². The summed E-state index contributed by atoms with van der Waals surface area (Å²) in [6, 6.07) is 11.1. The minimum Gasteiger partial charge on any atom is -0.472 e. The lowest BCUT2D eigenvalue weighted by Gasteiger charge is -2.18. The summed E-state index contributed by atoms with van der Waals surface area (Å²) in [6.45, 7) is 0. The molecule has 88 valence electrons. The van der Waals surface area contributed by atoms with Gasteiger partial charge in [-0.25, -0.2) is 0 Å². The van der Waals surface area contributed by atoms with Gasteiger partial charge >= 0.3 is 8.07 Å². The van der Waals surface area contributed by atoms with Crippen molar-refractivity contribution in [2.75, 3.05) is 0 Å². The molecule has 0 fully saturated rings. The Balaban J connectivity index is 2.30. The number of terminal acetylenes is 1. The molecule has 0 saturated heterocycles. The molecule has 0 aliphatic rings. The first kappa shape index (κ1) is 10.8. The van der Waals surface area contributed by atoms with E-state index in [2.05, 4.69) is 5.54 Å². The fraction of sp³-hybridized carbons (Fsp3) is 0. The summed E-state index contributed by atoms with van der Waals surface area (Å²) in [7, 11) is -2.71. The lowest BCUT2D eigenvalue weighted by Crippen LogP contribution is -2.65. The number of hydrogen-bond acceptors (Lipinski definition) is 3. The third-order valence-electron chi connectivity index (χ3n) is 2.89. The predicted octanol–water partition coefficient (Wildman–Crippen LogP) is 1.11. The summed E-state index contributed by atoms with van der Waals surface area (Å²) in [5.74, 6) is 0. The Kier molecular flexibility index (Phi) is 2.47. The smallest absolute Gasteiger partial charge is 0.347 e. The number of rotatable bonds is 3. The van der Waals surface area contributed by atoms with Crippen LogP contribution in [0.4, 0.5) is 0 Å². The molecule has 0 atom stereocenters. The van der Waals surface area contributed by atoms with E-state index in [4.69, 9.17) is 19.7 Å². The van der Waals surface area contributed by atoms with Gasteiger partial charge in [-0.3, -0.25) is 0 Å². The van der Waals surface area contributed by atoms with Gasteiger partial charge in [-0.1, -0.05) is 0 Å². The van der Waals surface area contributed by atoms with Gasteiger partial charge in [0.15, 0.2) is 0 Å². The van der Waals surface area contributed by atoms with Gasteiger partial charge in [0.1, 0.15) is 16.2 Å². The highest BCUT2D eigenvalue weighted by Gasteiger charge is 2.47. The van der Waals surface area contributed by atoms with Gasteiger partial charge in [0.05, 0.1) is 18.8 Å². The van der Waals surface area contributed by atoms with Crippen LogP contribution in [-0.4, -0.2) is 8.07 Å². The van der Waals surface area contributed by atoms with Crippen LogP contribution in [0, 0.1) is 12.0 Å². The Labute approximate surface area is 105 Å². The first-order valence-electron chi connectivity index (χ1n) is 5.47. The lowest BCUT2D eigenvalue weighted by atomic mass is 10.7. The third-order valence-corrected chi connectivity index (χ3v) is 6.39. The van der Waals surface area contributed by atoms with Crippen molar-refractivity contribution in [3.8, 4) is 12.0 Å². The summed E-state index contributed by atoms with van der Waals surface area (Å²) in [5, 5.41) is 2.19. The molecule has 18 heavy (non-hydrogen) atoms. The Hall–Kier alpha value is -2.38. The average Bonchev–Trinajstić information content (AvgIpc) is 3.16. The molecule has 3 heterocycles. The zero-order valence-electron chi connectivity index (χ0n) is 9.50. The van der Waals surface area contributed by atoms with Crippen LogP contribution in [0.1, 0.15) is 0 Å². The normalized spacial score (nSPS) is 11.3. The molecule has 0 bridgehead atoms. The monoisotopic (exact) mass is 254 g/mol. The van der Waals surface area contributed by atoms with Gasteiger partial charge in [-0.15, -0.1) is 12.0 Å². The first-order chi connectivity index (χ1) is 8.88. The first-order valence-corrected chi connectivity index (χ1v) is 7.47. The average molecular weight is 254 g/mol. The fourth-order valence-electron chi connectivity index (χ4n) is 2.05. The Morgan fingerprint density at radius 3 is 1.39 bits per heavy atom. The molecule has 4 heteroatoms. The highest BCUT2D eigenvalue weighted by molar-refractivity contribution is 7.15. The SMILES string of the molecule is C#C[Si](c1ccco1)(c1ccco1)c1ccco1. The summed E-state index contributed by atoms with van der Waals surface area (Å²) < 4.78 is 16.6. The zero-order chi connectivity index (χ0) is 12.4. The quantitative estimate of drug-likeness (QED) is 0.519. The van der Waals surface area contributed by atoms with Crippen LogP contribution in [0.5, 0.6) is 0 Å². The summed E-state index contributed by atoms with van der Waals surface area (Å²) in [4.78, 5) is 0. The van der Waals surface area contributed by atoms with Crippen LogP contribution >= 0.6 is 0 Å². The highest BCUT2D eigenvalue weighted by atomic mass is 28.3. The molecule has 0 N–H and O–H groups in total. The maximum atomic E-state index is 5.81. The molecule has 0 saturated carbocycles. The van der Waals surface area contributed by atoms with E-state index in [1.54, 1.807) is 18.8 Å². The molecule has 3 nitrogen and oxygen atoms in total. The van der Waals surface area contributed by atoms with Crippen LogP contribution in [0.25, 0.3) is 0 Å². The van der Waals surface area contributed by atoms with Crippen LogP contribution in [0.15, 0.2) is 68.4 Å². The number of furan rings is 3. The molecular formula is C14H10O3Si. The largest absolute Gasteiger partial charge is 0.472 e. The summed E-state index contributed by atoms with van der Waals surface area (Å²) in [5.41, 5.74) is 2.88. The van der Waals surface area contributed by atoms with E-state index in [0.717, 1.165) is 16.2 Å². The topological polar surface area (TPSA) is 39.4 Å². The zero-order valence-corrected chi connectivity index (χ0v) is 10.5. The molecule has 0 amide bonds. The summed E-state index contributed by atoms with van der Waals surface area (Å²) >= 11 is 0. The van der Waals surface area contributed by atoms with Crippen molar-refractivity contribution in [1.29, 1.82) is 0 Å². The van der Waals surface area contributed by atoms with Gasteiger partial charge in [0, 0.05) is 0 Å². The minimum atomic E-state index is -2.71. The fourth-order valence-corrected chi connectivity index (χ4v) is 4.98. The van der Waals surface area contributed by atoms with E-state index in [1.807, 2.05) is 36.4 Å². The molecule has 0 aliphatic heterocycles. The second-order valence-electron chi connectivity index (χ2n) is 3.83. The van der Waals surface area contributed by atoms with Crippen molar-refractivity contribution in [2.24, 2.45) is 0 Å². The van der Waals surface area contributed by atoms with Gasteiger partial charge in [-0.2, -0.15) is 0 Å². The number of hydrogen-bond donors (Lipinski definition) is 0. The van der Waals surface area contributed by atoms with Crippen LogP contribution in [0.2, 0.25) is 0 Å². The molecular weight excluding hydrogens is 244 g/mol. The van der Waals surface area contributed by atoms with Gasteiger partial charge < -0.3 is 13.3 Å². The molecule has 0 radical (unpaired) electrons. The van der Waals surface area contributed by atoms with Crippen molar-refractivity contribution in [1.82, 2.24) is 0 Å². The van der Waals surface area contributed by atoms with E-state index < -0.39 is 8.07 Å². The summed E-state index contributed by atoms with van der Waals surface area (Å²) in [6.07, 6.45) is 10.6. The molecule has 0 unspecified atom stereocenters. The van der Waals surface area contributed by atoms with Gasteiger partial charge in [0.25, 0.3) is 0 Å². The second-order valence-corrected chi connectivity index (χ2v) is 7.09. The Bertz CT molecular complexity index is 558. The van der Waals surface area contributed by atoms with E-state index >= 15 is 0 Å². The van der Waals surface area contributed by atoms with Crippen molar-refractivity contribution >= 4 is 24.2 Å². The third kappa shape index (κ3) is 1.38. The molecule has 0 aliphatic carbocycles. The van der Waals surface area contributed by atoms with Gasteiger partial charge in [-0.05, 0) is 36.4 Å². The molecule has 0 spiro atoms. The van der Waals surface area contributed by atoms with E-state index in [1.165, 1.54) is 0 Å². The van der Waals surface area contributed by atoms with Crippen molar-refractivity contribution in [2.45, 2.75) is 0 Å². The van der Waals surface area contributed by atoms with E-state index in [9.17, 15) is 0 Å². The molecule has 3 aromatic heterocycles.